The largest absolute Gasteiger partial charge is 0.493 e. The smallest absolute Gasteiger partial charge is 0.251 e. The molecule has 0 aliphatic heterocycles. The normalized spacial score (nSPS) is 10.6. The van der Waals surface area contributed by atoms with Crippen LogP contribution in [0.3, 0.4) is 0 Å². The number of rotatable bonds is 10. The minimum atomic E-state index is -0.170. The molecule has 0 radical (unpaired) electrons. The average molecular weight is 403 g/mol. The van der Waals surface area contributed by atoms with E-state index in [9.17, 15) is 9.59 Å². The van der Waals surface area contributed by atoms with Gasteiger partial charge in [-0.25, -0.2) is 0 Å². The maximum absolute atomic E-state index is 12.0. The van der Waals surface area contributed by atoms with Crippen LogP contribution in [-0.4, -0.2) is 25.0 Å². The zero-order valence-electron chi connectivity index (χ0n) is 16.3. The summed E-state index contributed by atoms with van der Waals surface area (Å²) in [7, 11) is 0. The van der Waals surface area contributed by atoms with Crippen LogP contribution >= 0.6 is 11.6 Å². The van der Waals surface area contributed by atoms with Gasteiger partial charge in [-0.1, -0.05) is 37.6 Å². The molecule has 28 heavy (non-hydrogen) atoms. The zero-order chi connectivity index (χ0) is 20.4. The lowest BCUT2D eigenvalue weighted by molar-refractivity contribution is -0.121. The quantitative estimate of drug-likeness (QED) is 0.585. The fourth-order valence-electron chi connectivity index (χ4n) is 2.41. The van der Waals surface area contributed by atoms with E-state index in [-0.39, 0.29) is 11.8 Å². The van der Waals surface area contributed by atoms with Crippen molar-refractivity contribution in [1.82, 2.24) is 10.6 Å². The number of nitrogens with one attached hydrogen (secondary N) is 2. The Labute approximate surface area is 171 Å². The van der Waals surface area contributed by atoms with E-state index < -0.39 is 0 Å². The van der Waals surface area contributed by atoms with E-state index in [1.807, 2.05) is 24.3 Å². The van der Waals surface area contributed by atoms with Crippen molar-refractivity contribution in [2.45, 2.75) is 33.2 Å². The number of carbonyl (C=O) groups excluding carboxylic acids is 2. The highest BCUT2D eigenvalue weighted by Crippen LogP contribution is 2.13. The summed E-state index contributed by atoms with van der Waals surface area (Å²) in [6, 6.07) is 14.4. The summed E-state index contributed by atoms with van der Waals surface area (Å²) < 4.78 is 5.64. The minimum absolute atomic E-state index is 0.0409. The third-order valence-electron chi connectivity index (χ3n) is 3.97. The van der Waals surface area contributed by atoms with Crippen LogP contribution in [0.25, 0.3) is 0 Å². The molecule has 2 rings (SSSR count). The summed E-state index contributed by atoms with van der Waals surface area (Å²) in [5.41, 5.74) is 1.57. The Morgan fingerprint density at radius 1 is 1.00 bits per heavy atom. The van der Waals surface area contributed by atoms with Crippen LogP contribution in [0.5, 0.6) is 5.75 Å². The lowest BCUT2D eigenvalue weighted by atomic mass is 10.2. The molecule has 0 saturated heterocycles. The predicted octanol–water partition coefficient (Wildman–Crippen LogP) is 4.20. The van der Waals surface area contributed by atoms with Crippen LogP contribution in [0.15, 0.2) is 48.5 Å². The van der Waals surface area contributed by atoms with Crippen molar-refractivity contribution in [2.75, 3.05) is 13.2 Å². The van der Waals surface area contributed by atoms with Gasteiger partial charge < -0.3 is 15.4 Å². The first-order valence-corrected chi connectivity index (χ1v) is 9.84. The molecule has 0 saturated carbocycles. The SMILES string of the molecule is CC(C)COc1ccc(CNC(=O)CCCNC(=O)c2ccc(Cl)cc2)cc1. The van der Waals surface area contributed by atoms with Gasteiger partial charge in [0.2, 0.25) is 5.91 Å². The number of carbonyl (C=O) groups is 2. The Balaban J connectivity index is 1.62. The molecule has 0 spiro atoms. The Morgan fingerprint density at radius 2 is 1.68 bits per heavy atom. The molecule has 0 unspecified atom stereocenters. The average Bonchev–Trinajstić information content (AvgIpc) is 2.69. The molecular weight excluding hydrogens is 376 g/mol. The molecule has 0 heterocycles. The lowest BCUT2D eigenvalue weighted by Gasteiger charge is -2.10. The first kappa shape index (κ1) is 21.8. The fraction of sp³-hybridized carbons (Fsp3) is 0.364. The maximum Gasteiger partial charge on any atom is 0.251 e. The summed E-state index contributed by atoms with van der Waals surface area (Å²) in [6.07, 6.45) is 0.934. The third kappa shape index (κ3) is 8.01. The first-order chi connectivity index (χ1) is 13.4. The highest BCUT2D eigenvalue weighted by atomic mass is 35.5. The number of halogens is 1. The first-order valence-electron chi connectivity index (χ1n) is 9.46. The van der Waals surface area contributed by atoms with Crippen LogP contribution < -0.4 is 15.4 Å². The van der Waals surface area contributed by atoms with E-state index in [0.29, 0.717) is 49.0 Å². The Bertz CT molecular complexity index is 758. The van der Waals surface area contributed by atoms with Gasteiger partial charge in [-0.15, -0.1) is 0 Å². The minimum Gasteiger partial charge on any atom is -0.493 e. The fourth-order valence-corrected chi connectivity index (χ4v) is 2.54. The summed E-state index contributed by atoms with van der Waals surface area (Å²) in [5.74, 6) is 1.10. The van der Waals surface area contributed by atoms with Gasteiger partial charge in [0, 0.05) is 30.1 Å². The molecule has 0 aromatic heterocycles. The molecule has 2 N–H and O–H groups in total. The summed E-state index contributed by atoms with van der Waals surface area (Å²) in [6.45, 7) is 5.81. The standard InChI is InChI=1S/C22H27ClN2O3/c1-16(2)15-28-20-11-5-17(6-12-20)14-25-21(26)4-3-13-24-22(27)18-7-9-19(23)10-8-18/h5-12,16H,3-4,13-15H2,1-2H3,(H,24,27)(H,25,26). The van der Waals surface area contributed by atoms with Crippen molar-refractivity contribution in [3.8, 4) is 5.75 Å². The second kappa shape index (κ2) is 11.3. The molecule has 0 aliphatic rings. The number of amides is 2. The monoisotopic (exact) mass is 402 g/mol. The molecular formula is C22H27ClN2O3. The third-order valence-corrected chi connectivity index (χ3v) is 4.22. The van der Waals surface area contributed by atoms with Gasteiger partial charge in [-0.3, -0.25) is 9.59 Å². The molecule has 2 amide bonds. The van der Waals surface area contributed by atoms with E-state index in [2.05, 4.69) is 24.5 Å². The van der Waals surface area contributed by atoms with Gasteiger partial charge in [0.05, 0.1) is 6.61 Å². The second-order valence-electron chi connectivity index (χ2n) is 6.99. The van der Waals surface area contributed by atoms with Crippen molar-refractivity contribution in [2.24, 2.45) is 5.92 Å². The predicted molar refractivity (Wildman–Crippen MR) is 112 cm³/mol. The molecule has 0 fully saturated rings. The molecule has 0 aliphatic carbocycles. The number of ether oxygens (including phenoxy) is 1. The van der Waals surface area contributed by atoms with Gasteiger partial charge >= 0.3 is 0 Å². The summed E-state index contributed by atoms with van der Waals surface area (Å²) in [5, 5.41) is 6.27. The van der Waals surface area contributed by atoms with E-state index in [0.717, 1.165) is 11.3 Å². The number of hydrogen-bond donors (Lipinski definition) is 2. The van der Waals surface area contributed by atoms with Gasteiger partial charge in [0.1, 0.15) is 5.75 Å². The molecule has 0 atom stereocenters. The van der Waals surface area contributed by atoms with Crippen LogP contribution in [0, 0.1) is 5.92 Å². The Hall–Kier alpha value is -2.53. The van der Waals surface area contributed by atoms with Crippen molar-refractivity contribution >= 4 is 23.4 Å². The number of benzene rings is 2. The van der Waals surface area contributed by atoms with Crippen LogP contribution in [0.2, 0.25) is 5.02 Å². The van der Waals surface area contributed by atoms with E-state index in [4.69, 9.17) is 16.3 Å². The topological polar surface area (TPSA) is 67.4 Å². The summed E-state index contributed by atoms with van der Waals surface area (Å²) >= 11 is 5.80. The summed E-state index contributed by atoms with van der Waals surface area (Å²) in [4.78, 5) is 23.9. The van der Waals surface area contributed by atoms with E-state index >= 15 is 0 Å². The van der Waals surface area contributed by atoms with Crippen molar-refractivity contribution in [3.63, 3.8) is 0 Å². The Morgan fingerprint density at radius 3 is 2.32 bits per heavy atom. The lowest BCUT2D eigenvalue weighted by Crippen LogP contribution is -2.27. The molecule has 6 heteroatoms. The Kier molecular flexibility index (Phi) is 8.82. The van der Waals surface area contributed by atoms with E-state index in [1.54, 1.807) is 24.3 Å². The molecule has 2 aromatic rings. The van der Waals surface area contributed by atoms with Crippen LogP contribution in [0.1, 0.15) is 42.6 Å². The van der Waals surface area contributed by atoms with Crippen LogP contribution in [0.4, 0.5) is 0 Å². The highest BCUT2D eigenvalue weighted by molar-refractivity contribution is 6.30. The molecule has 0 bridgehead atoms. The molecule has 150 valence electrons. The van der Waals surface area contributed by atoms with Crippen LogP contribution in [-0.2, 0) is 11.3 Å². The second-order valence-corrected chi connectivity index (χ2v) is 7.43. The van der Waals surface area contributed by atoms with Gasteiger partial charge in [0.15, 0.2) is 0 Å². The maximum atomic E-state index is 12.0. The van der Waals surface area contributed by atoms with Gasteiger partial charge in [-0.05, 0) is 54.3 Å². The zero-order valence-corrected chi connectivity index (χ0v) is 17.1. The van der Waals surface area contributed by atoms with Crippen molar-refractivity contribution in [3.05, 3.63) is 64.7 Å². The number of hydrogen-bond acceptors (Lipinski definition) is 3. The van der Waals surface area contributed by atoms with Gasteiger partial charge in [0.25, 0.3) is 5.91 Å². The van der Waals surface area contributed by atoms with Crippen molar-refractivity contribution < 1.29 is 14.3 Å². The molecule has 5 nitrogen and oxygen atoms in total. The van der Waals surface area contributed by atoms with Crippen molar-refractivity contribution in [1.29, 1.82) is 0 Å². The van der Waals surface area contributed by atoms with E-state index in [1.165, 1.54) is 0 Å². The molecule has 2 aromatic carbocycles. The van der Waals surface area contributed by atoms with Gasteiger partial charge in [-0.2, -0.15) is 0 Å². The highest BCUT2D eigenvalue weighted by Gasteiger charge is 2.06.